The Balaban J connectivity index is 2.16. The van der Waals surface area contributed by atoms with E-state index >= 15 is 0 Å². The maximum absolute atomic E-state index is 13.5. The van der Waals surface area contributed by atoms with Crippen molar-refractivity contribution in [1.82, 2.24) is 10.3 Å². The Bertz CT molecular complexity index is 540. The molecule has 0 amide bonds. The zero-order valence-corrected chi connectivity index (χ0v) is 11.0. The Labute approximate surface area is 109 Å². The Hall–Kier alpha value is -1.33. The largest absolute Gasteiger partial charge is 0.312 e. The Morgan fingerprint density at radius 1 is 1.39 bits per heavy atom. The van der Waals surface area contributed by atoms with Gasteiger partial charge in [0.1, 0.15) is 11.6 Å². The second kappa shape index (κ2) is 5.54. The van der Waals surface area contributed by atoms with Gasteiger partial charge in [0, 0.05) is 29.6 Å². The van der Waals surface area contributed by atoms with Gasteiger partial charge in [0.15, 0.2) is 0 Å². The standard InChI is InChI=1S/C13H14F2N2S/c1-8(16-2)12-7-17-13(18-12)5-9-3-4-10(14)6-11(9)15/h3-4,6-8,16H,5H2,1-2H3. The molecule has 1 N–H and O–H groups in total. The molecule has 0 saturated carbocycles. The fourth-order valence-electron chi connectivity index (χ4n) is 1.58. The zero-order valence-electron chi connectivity index (χ0n) is 10.2. The Morgan fingerprint density at radius 2 is 2.17 bits per heavy atom. The second-order valence-corrected chi connectivity index (χ2v) is 5.23. The van der Waals surface area contributed by atoms with Crippen molar-refractivity contribution < 1.29 is 8.78 Å². The monoisotopic (exact) mass is 268 g/mol. The zero-order chi connectivity index (χ0) is 13.1. The van der Waals surface area contributed by atoms with Crippen molar-refractivity contribution in [3.63, 3.8) is 0 Å². The van der Waals surface area contributed by atoms with Crippen LogP contribution in [-0.2, 0) is 6.42 Å². The molecular formula is C13H14F2N2S. The van der Waals surface area contributed by atoms with Gasteiger partial charge in [0.05, 0.1) is 5.01 Å². The minimum absolute atomic E-state index is 0.231. The fraction of sp³-hybridized carbons (Fsp3) is 0.308. The van der Waals surface area contributed by atoms with Crippen molar-refractivity contribution in [3.8, 4) is 0 Å². The topological polar surface area (TPSA) is 24.9 Å². The molecule has 1 heterocycles. The average Bonchev–Trinajstić information content (AvgIpc) is 2.80. The second-order valence-electron chi connectivity index (χ2n) is 4.08. The summed E-state index contributed by atoms with van der Waals surface area (Å²) in [6.07, 6.45) is 2.19. The Morgan fingerprint density at radius 3 is 2.83 bits per heavy atom. The molecule has 0 aliphatic rings. The van der Waals surface area contributed by atoms with Crippen molar-refractivity contribution in [2.75, 3.05) is 7.05 Å². The highest BCUT2D eigenvalue weighted by molar-refractivity contribution is 7.11. The predicted molar refractivity (Wildman–Crippen MR) is 68.8 cm³/mol. The van der Waals surface area contributed by atoms with E-state index < -0.39 is 11.6 Å². The summed E-state index contributed by atoms with van der Waals surface area (Å²) in [5.41, 5.74) is 0.467. The number of halogens is 2. The van der Waals surface area contributed by atoms with E-state index in [1.54, 1.807) is 6.20 Å². The number of thiazole rings is 1. The van der Waals surface area contributed by atoms with E-state index in [4.69, 9.17) is 0 Å². The van der Waals surface area contributed by atoms with Crippen LogP contribution in [-0.4, -0.2) is 12.0 Å². The molecule has 0 aliphatic carbocycles. The van der Waals surface area contributed by atoms with Crippen molar-refractivity contribution in [2.45, 2.75) is 19.4 Å². The van der Waals surface area contributed by atoms with Crippen LogP contribution < -0.4 is 5.32 Å². The minimum atomic E-state index is -0.556. The molecule has 96 valence electrons. The number of hydrogen-bond donors (Lipinski definition) is 1. The van der Waals surface area contributed by atoms with Gasteiger partial charge >= 0.3 is 0 Å². The summed E-state index contributed by atoms with van der Waals surface area (Å²) in [4.78, 5) is 5.37. The summed E-state index contributed by atoms with van der Waals surface area (Å²) >= 11 is 1.54. The molecule has 2 aromatic rings. The lowest BCUT2D eigenvalue weighted by Crippen LogP contribution is -2.10. The van der Waals surface area contributed by atoms with E-state index in [0.717, 1.165) is 16.0 Å². The third kappa shape index (κ3) is 2.91. The third-order valence-electron chi connectivity index (χ3n) is 2.79. The van der Waals surface area contributed by atoms with Gasteiger partial charge in [-0.15, -0.1) is 11.3 Å². The van der Waals surface area contributed by atoms with Gasteiger partial charge in [0.25, 0.3) is 0 Å². The first-order valence-electron chi connectivity index (χ1n) is 5.66. The summed E-state index contributed by atoms with van der Waals surface area (Å²) < 4.78 is 26.3. The molecule has 2 nitrogen and oxygen atoms in total. The van der Waals surface area contributed by atoms with Crippen LogP contribution in [0.2, 0.25) is 0 Å². The molecule has 1 unspecified atom stereocenters. The van der Waals surface area contributed by atoms with Crippen LogP contribution in [0.5, 0.6) is 0 Å². The van der Waals surface area contributed by atoms with Gasteiger partial charge in [-0.2, -0.15) is 0 Å². The van der Waals surface area contributed by atoms with E-state index in [2.05, 4.69) is 10.3 Å². The quantitative estimate of drug-likeness (QED) is 0.920. The number of aromatic nitrogens is 1. The van der Waals surface area contributed by atoms with Gasteiger partial charge in [-0.05, 0) is 25.6 Å². The van der Waals surface area contributed by atoms with Crippen LogP contribution in [0, 0.1) is 11.6 Å². The molecule has 0 aliphatic heterocycles. The van der Waals surface area contributed by atoms with Crippen molar-refractivity contribution >= 4 is 11.3 Å². The lowest BCUT2D eigenvalue weighted by molar-refractivity contribution is 0.574. The van der Waals surface area contributed by atoms with Gasteiger partial charge in [-0.3, -0.25) is 0 Å². The normalized spacial score (nSPS) is 12.7. The summed E-state index contributed by atoms with van der Waals surface area (Å²) in [7, 11) is 1.88. The lowest BCUT2D eigenvalue weighted by Gasteiger charge is -2.05. The van der Waals surface area contributed by atoms with Crippen LogP contribution in [0.25, 0.3) is 0 Å². The maximum Gasteiger partial charge on any atom is 0.129 e. The molecular weight excluding hydrogens is 254 g/mol. The van der Waals surface area contributed by atoms with Gasteiger partial charge < -0.3 is 5.32 Å². The van der Waals surface area contributed by atoms with E-state index in [9.17, 15) is 8.78 Å². The summed E-state index contributed by atoms with van der Waals surface area (Å²) in [5.74, 6) is -1.08. The first-order valence-corrected chi connectivity index (χ1v) is 6.47. The van der Waals surface area contributed by atoms with E-state index in [0.29, 0.717) is 12.0 Å². The molecule has 1 atom stereocenters. The molecule has 0 fully saturated rings. The summed E-state index contributed by atoms with van der Waals surface area (Å²) in [6.45, 7) is 2.04. The van der Waals surface area contributed by atoms with Crippen molar-refractivity contribution in [3.05, 3.63) is 51.5 Å². The maximum atomic E-state index is 13.5. The highest BCUT2D eigenvalue weighted by atomic mass is 32.1. The number of nitrogens with zero attached hydrogens (tertiary/aromatic N) is 1. The molecule has 0 spiro atoms. The summed E-state index contributed by atoms with van der Waals surface area (Å²) in [5, 5.41) is 3.96. The third-order valence-corrected chi connectivity index (χ3v) is 3.97. The van der Waals surface area contributed by atoms with Crippen molar-refractivity contribution in [1.29, 1.82) is 0 Å². The Kier molecular flexibility index (Phi) is 4.04. The molecule has 5 heteroatoms. The van der Waals surface area contributed by atoms with Gasteiger partial charge in [-0.25, -0.2) is 13.8 Å². The number of hydrogen-bond acceptors (Lipinski definition) is 3. The molecule has 0 saturated heterocycles. The average molecular weight is 268 g/mol. The molecule has 0 bridgehead atoms. The minimum Gasteiger partial charge on any atom is -0.312 e. The number of rotatable bonds is 4. The molecule has 1 aromatic carbocycles. The molecule has 1 aromatic heterocycles. The first kappa shape index (κ1) is 13.1. The highest BCUT2D eigenvalue weighted by Gasteiger charge is 2.10. The molecule has 2 rings (SSSR count). The summed E-state index contributed by atoms with van der Waals surface area (Å²) in [6, 6.07) is 3.87. The molecule has 18 heavy (non-hydrogen) atoms. The van der Waals surface area contributed by atoms with E-state index in [1.165, 1.54) is 23.5 Å². The smallest absolute Gasteiger partial charge is 0.129 e. The van der Waals surface area contributed by atoms with Crippen LogP contribution >= 0.6 is 11.3 Å². The lowest BCUT2D eigenvalue weighted by atomic mass is 10.1. The number of benzene rings is 1. The van der Waals surface area contributed by atoms with E-state index in [1.807, 2.05) is 14.0 Å². The fourth-order valence-corrected chi connectivity index (χ4v) is 2.58. The van der Waals surface area contributed by atoms with Crippen molar-refractivity contribution in [2.24, 2.45) is 0 Å². The number of nitrogens with one attached hydrogen (secondary N) is 1. The van der Waals surface area contributed by atoms with Crippen LogP contribution in [0.4, 0.5) is 8.78 Å². The first-order chi connectivity index (χ1) is 8.60. The highest BCUT2D eigenvalue weighted by Crippen LogP contribution is 2.23. The SMILES string of the molecule is CNC(C)c1cnc(Cc2ccc(F)cc2F)s1. The van der Waals surface area contributed by atoms with E-state index in [-0.39, 0.29) is 6.04 Å². The van der Waals surface area contributed by atoms with Gasteiger partial charge in [-0.1, -0.05) is 6.07 Å². The predicted octanol–water partition coefficient (Wildman–Crippen LogP) is 3.29. The van der Waals surface area contributed by atoms with Gasteiger partial charge in [0.2, 0.25) is 0 Å². The van der Waals surface area contributed by atoms with Crippen LogP contribution in [0.3, 0.4) is 0 Å². The van der Waals surface area contributed by atoms with Crippen LogP contribution in [0.1, 0.15) is 28.4 Å². The van der Waals surface area contributed by atoms with Crippen LogP contribution in [0.15, 0.2) is 24.4 Å². The molecule has 0 radical (unpaired) electrons.